The van der Waals surface area contributed by atoms with E-state index in [0.717, 1.165) is 38.5 Å². The average Bonchev–Trinajstić information content (AvgIpc) is 2.23. The van der Waals surface area contributed by atoms with E-state index in [0.29, 0.717) is 6.61 Å². The first-order chi connectivity index (χ1) is 7.31. The van der Waals surface area contributed by atoms with Crippen molar-refractivity contribution in [3.63, 3.8) is 0 Å². The average molecular weight is 220 g/mol. The largest absolute Gasteiger partial charge is 0.393 e. The van der Waals surface area contributed by atoms with Crippen LogP contribution in [0.2, 0.25) is 0 Å². The number of aliphatic hydroxyl groups excluding tert-OH is 1. The molecule has 2 N–H and O–H groups in total. The lowest BCUT2D eigenvalue weighted by Crippen LogP contribution is -2.06. The maximum Gasteiger partial charge on any atom is 0.0853 e. The molecule has 0 aromatic carbocycles. The lowest BCUT2D eigenvalue weighted by Gasteiger charge is -2.09. The normalized spacial score (nSPS) is 13.0. The third kappa shape index (κ3) is 11.8. The molecule has 0 heterocycles. The van der Waals surface area contributed by atoms with E-state index in [2.05, 4.69) is 16.8 Å². The first-order valence-electron chi connectivity index (χ1n) is 5.92. The summed E-state index contributed by atoms with van der Waals surface area (Å²) in [5.41, 5.74) is 0. The standard InChI is InChI=1S/C11H24O4/c1-2-3-5-8-11(12)9-6-4-7-10-14-15-13/h11-13H,2-10H2,1H3. The first kappa shape index (κ1) is 14.8. The van der Waals surface area contributed by atoms with E-state index in [4.69, 9.17) is 5.26 Å². The predicted molar refractivity (Wildman–Crippen MR) is 58.3 cm³/mol. The van der Waals surface area contributed by atoms with Crippen LogP contribution in [0.25, 0.3) is 0 Å². The Bertz CT molecular complexity index is 119. The molecule has 0 saturated heterocycles. The van der Waals surface area contributed by atoms with E-state index in [-0.39, 0.29) is 6.10 Å². The van der Waals surface area contributed by atoms with E-state index in [9.17, 15) is 5.11 Å². The molecular weight excluding hydrogens is 196 g/mol. The van der Waals surface area contributed by atoms with Crippen molar-refractivity contribution in [1.82, 2.24) is 0 Å². The second kappa shape index (κ2) is 11.9. The van der Waals surface area contributed by atoms with Gasteiger partial charge < -0.3 is 5.11 Å². The van der Waals surface area contributed by atoms with Gasteiger partial charge in [0.15, 0.2) is 0 Å². The SMILES string of the molecule is CCCCCC(O)CCCCCOOO. The van der Waals surface area contributed by atoms with Gasteiger partial charge in [-0.15, -0.1) is 0 Å². The van der Waals surface area contributed by atoms with Crippen LogP contribution in [-0.4, -0.2) is 23.1 Å². The number of hydrogen-bond acceptors (Lipinski definition) is 4. The van der Waals surface area contributed by atoms with E-state index >= 15 is 0 Å². The summed E-state index contributed by atoms with van der Waals surface area (Å²) in [7, 11) is 0. The summed E-state index contributed by atoms with van der Waals surface area (Å²) in [5, 5.41) is 20.9. The lowest BCUT2D eigenvalue weighted by molar-refractivity contribution is -0.490. The Morgan fingerprint density at radius 3 is 2.27 bits per heavy atom. The highest BCUT2D eigenvalue weighted by Crippen LogP contribution is 2.10. The van der Waals surface area contributed by atoms with Crippen molar-refractivity contribution in [2.24, 2.45) is 0 Å². The highest BCUT2D eigenvalue weighted by molar-refractivity contribution is 4.56. The molecule has 0 radical (unpaired) electrons. The topological polar surface area (TPSA) is 58.9 Å². The summed E-state index contributed by atoms with van der Waals surface area (Å²) in [5.74, 6) is 0. The summed E-state index contributed by atoms with van der Waals surface area (Å²) >= 11 is 0. The molecule has 0 saturated carbocycles. The van der Waals surface area contributed by atoms with Gasteiger partial charge >= 0.3 is 0 Å². The van der Waals surface area contributed by atoms with Crippen LogP contribution in [0.15, 0.2) is 0 Å². The molecule has 0 bridgehead atoms. The molecule has 0 aliphatic heterocycles. The molecule has 0 aliphatic carbocycles. The number of rotatable bonds is 11. The van der Waals surface area contributed by atoms with Gasteiger partial charge in [0.05, 0.1) is 12.7 Å². The van der Waals surface area contributed by atoms with E-state index in [1.54, 1.807) is 0 Å². The Hall–Kier alpha value is -0.160. The Labute approximate surface area is 92.1 Å². The van der Waals surface area contributed by atoms with Gasteiger partial charge in [0.2, 0.25) is 0 Å². The lowest BCUT2D eigenvalue weighted by atomic mass is 10.0. The van der Waals surface area contributed by atoms with Gasteiger partial charge in [-0.05, 0) is 19.3 Å². The fourth-order valence-corrected chi connectivity index (χ4v) is 1.53. The zero-order valence-electron chi connectivity index (χ0n) is 9.65. The van der Waals surface area contributed by atoms with Crippen LogP contribution < -0.4 is 0 Å². The van der Waals surface area contributed by atoms with Crippen LogP contribution in [0.1, 0.15) is 58.3 Å². The number of hydrogen-bond donors (Lipinski definition) is 2. The molecule has 0 aliphatic rings. The van der Waals surface area contributed by atoms with Crippen molar-refractivity contribution in [3.8, 4) is 0 Å². The Morgan fingerprint density at radius 2 is 1.67 bits per heavy atom. The molecule has 15 heavy (non-hydrogen) atoms. The second-order valence-corrected chi connectivity index (χ2v) is 3.90. The predicted octanol–water partition coefficient (Wildman–Crippen LogP) is 2.91. The van der Waals surface area contributed by atoms with Crippen molar-refractivity contribution in [2.45, 2.75) is 64.4 Å². The van der Waals surface area contributed by atoms with Gasteiger partial charge in [0.25, 0.3) is 0 Å². The molecule has 4 nitrogen and oxygen atoms in total. The van der Waals surface area contributed by atoms with Crippen LogP contribution in [0.3, 0.4) is 0 Å². The highest BCUT2D eigenvalue weighted by Gasteiger charge is 2.02. The quantitative estimate of drug-likeness (QED) is 0.319. The molecule has 0 aromatic heterocycles. The zero-order valence-corrected chi connectivity index (χ0v) is 9.65. The molecular formula is C11H24O4. The van der Waals surface area contributed by atoms with Crippen LogP contribution in [0.5, 0.6) is 0 Å². The van der Waals surface area contributed by atoms with E-state index in [1.165, 1.54) is 12.8 Å². The Balaban J connectivity index is 3.06. The summed E-state index contributed by atoms with van der Waals surface area (Å²) in [6, 6.07) is 0. The third-order valence-electron chi connectivity index (χ3n) is 2.46. The molecule has 1 atom stereocenters. The fourth-order valence-electron chi connectivity index (χ4n) is 1.53. The Kier molecular flexibility index (Phi) is 11.8. The molecule has 0 amide bonds. The minimum Gasteiger partial charge on any atom is -0.393 e. The smallest absolute Gasteiger partial charge is 0.0853 e. The molecule has 0 aromatic rings. The molecule has 0 fully saturated rings. The summed E-state index contributed by atoms with van der Waals surface area (Å²) in [6.07, 6.45) is 8.02. The second-order valence-electron chi connectivity index (χ2n) is 3.90. The molecule has 0 spiro atoms. The number of aliphatic hydroxyl groups is 1. The number of unbranched alkanes of at least 4 members (excludes halogenated alkanes) is 4. The molecule has 4 heteroatoms. The van der Waals surface area contributed by atoms with E-state index in [1.807, 2.05) is 0 Å². The Morgan fingerprint density at radius 1 is 1.00 bits per heavy atom. The van der Waals surface area contributed by atoms with Gasteiger partial charge in [-0.1, -0.05) is 44.1 Å². The summed E-state index contributed by atoms with van der Waals surface area (Å²) in [4.78, 5) is 4.31. The zero-order chi connectivity index (χ0) is 11.4. The van der Waals surface area contributed by atoms with Crippen molar-refractivity contribution < 1.29 is 20.3 Å². The van der Waals surface area contributed by atoms with Crippen molar-refractivity contribution in [1.29, 1.82) is 0 Å². The van der Waals surface area contributed by atoms with E-state index < -0.39 is 0 Å². The third-order valence-corrected chi connectivity index (χ3v) is 2.46. The van der Waals surface area contributed by atoms with Gasteiger partial charge in [-0.2, -0.15) is 0 Å². The summed E-state index contributed by atoms with van der Waals surface area (Å²) < 4.78 is 0. The van der Waals surface area contributed by atoms with Crippen LogP contribution in [0, 0.1) is 0 Å². The molecule has 92 valence electrons. The fraction of sp³-hybridized carbons (Fsp3) is 1.00. The first-order valence-corrected chi connectivity index (χ1v) is 5.92. The minimum atomic E-state index is -0.147. The minimum absolute atomic E-state index is 0.147. The molecule has 0 rings (SSSR count). The monoisotopic (exact) mass is 220 g/mol. The van der Waals surface area contributed by atoms with Crippen LogP contribution in [-0.2, 0) is 9.93 Å². The van der Waals surface area contributed by atoms with Crippen molar-refractivity contribution in [3.05, 3.63) is 0 Å². The van der Waals surface area contributed by atoms with Gasteiger partial charge in [0.1, 0.15) is 0 Å². The summed E-state index contributed by atoms with van der Waals surface area (Å²) in [6.45, 7) is 2.57. The highest BCUT2D eigenvalue weighted by atomic mass is 17.5. The van der Waals surface area contributed by atoms with Gasteiger partial charge in [-0.3, -0.25) is 0 Å². The van der Waals surface area contributed by atoms with Crippen LogP contribution in [0.4, 0.5) is 0 Å². The van der Waals surface area contributed by atoms with Gasteiger partial charge in [-0.25, -0.2) is 10.1 Å². The van der Waals surface area contributed by atoms with Crippen molar-refractivity contribution in [2.75, 3.05) is 6.61 Å². The van der Waals surface area contributed by atoms with Crippen molar-refractivity contribution >= 4 is 0 Å². The maximum atomic E-state index is 9.58. The maximum absolute atomic E-state index is 9.58. The molecule has 1 unspecified atom stereocenters. The van der Waals surface area contributed by atoms with Crippen LogP contribution >= 0.6 is 0 Å². The van der Waals surface area contributed by atoms with Gasteiger partial charge in [0, 0.05) is 0 Å².